The van der Waals surface area contributed by atoms with Crippen molar-refractivity contribution in [2.24, 2.45) is 11.5 Å². The summed E-state index contributed by atoms with van der Waals surface area (Å²) < 4.78 is 0. The molecule has 0 bridgehead atoms. The fourth-order valence-corrected chi connectivity index (χ4v) is 1.21. The molecule has 0 heterocycles. The van der Waals surface area contributed by atoms with Gasteiger partial charge in [-0.05, 0) is 32.2 Å². The number of aliphatic carboxylic acids is 1. The van der Waals surface area contributed by atoms with E-state index in [1.807, 2.05) is 0 Å². The van der Waals surface area contributed by atoms with Crippen LogP contribution in [0.1, 0.15) is 32.1 Å². The van der Waals surface area contributed by atoms with Gasteiger partial charge in [-0.25, -0.2) is 0 Å². The Labute approximate surface area is 95.4 Å². The molecule has 94 valence electrons. The van der Waals surface area contributed by atoms with Crippen molar-refractivity contribution in [3.8, 4) is 0 Å². The molecule has 6 nitrogen and oxygen atoms in total. The van der Waals surface area contributed by atoms with Crippen LogP contribution in [0.3, 0.4) is 0 Å². The summed E-state index contributed by atoms with van der Waals surface area (Å²) in [7, 11) is 0. The average molecular weight is 231 g/mol. The van der Waals surface area contributed by atoms with Crippen molar-refractivity contribution in [2.75, 3.05) is 13.1 Å². The van der Waals surface area contributed by atoms with Crippen LogP contribution in [0.15, 0.2) is 0 Å². The standard InChI is InChI=1S/C10H21N3O3/c11-6-3-4-8(12)10(16)13-7-2-1-5-9(14)15/h8H,1-7,11-12H2,(H,13,16)(H,14,15). The van der Waals surface area contributed by atoms with Crippen molar-refractivity contribution >= 4 is 11.9 Å². The van der Waals surface area contributed by atoms with E-state index in [0.717, 1.165) is 6.42 Å². The van der Waals surface area contributed by atoms with E-state index in [4.69, 9.17) is 16.6 Å². The zero-order valence-corrected chi connectivity index (χ0v) is 9.45. The van der Waals surface area contributed by atoms with Crippen LogP contribution >= 0.6 is 0 Å². The highest BCUT2D eigenvalue weighted by molar-refractivity contribution is 5.81. The van der Waals surface area contributed by atoms with E-state index in [1.54, 1.807) is 0 Å². The largest absolute Gasteiger partial charge is 0.481 e. The van der Waals surface area contributed by atoms with Crippen LogP contribution < -0.4 is 16.8 Å². The van der Waals surface area contributed by atoms with Gasteiger partial charge < -0.3 is 21.9 Å². The fourth-order valence-electron chi connectivity index (χ4n) is 1.21. The fraction of sp³-hybridized carbons (Fsp3) is 0.800. The Morgan fingerprint density at radius 3 is 2.50 bits per heavy atom. The first-order valence-electron chi connectivity index (χ1n) is 5.53. The molecule has 0 saturated carbocycles. The van der Waals surface area contributed by atoms with E-state index >= 15 is 0 Å². The number of rotatable bonds is 9. The lowest BCUT2D eigenvalue weighted by molar-refractivity contribution is -0.137. The monoisotopic (exact) mass is 231 g/mol. The first-order chi connectivity index (χ1) is 7.57. The molecular weight excluding hydrogens is 210 g/mol. The molecule has 0 aliphatic heterocycles. The number of nitrogens with two attached hydrogens (primary N) is 2. The second kappa shape index (κ2) is 9.11. The average Bonchev–Trinajstić information content (AvgIpc) is 2.24. The van der Waals surface area contributed by atoms with Crippen LogP contribution in [-0.4, -0.2) is 36.1 Å². The minimum absolute atomic E-state index is 0.134. The summed E-state index contributed by atoms with van der Waals surface area (Å²) in [5.41, 5.74) is 10.9. The highest BCUT2D eigenvalue weighted by atomic mass is 16.4. The molecule has 0 aromatic rings. The zero-order chi connectivity index (χ0) is 12.4. The Morgan fingerprint density at radius 2 is 1.94 bits per heavy atom. The third-order valence-electron chi connectivity index (χ3n) is 2.17. The van der Waals surface area contributed by atoms with Gasteiger partial charge in [0.15, 0.2) is 0 Å². The molecule has 0 aliphatic rings. The summed E-state index contributed by atoms with van der Waals surface area (Å²) in [6.45, 7) is 1.00. The van der Waals surface area contributed by atoms with E-state index in [2.05, 4.69) is 5.32 Å². The van der Waals surface area contributed by atoms with Crippen LogP contribution in [-0.2, 0) is 9.59 Å². The molecule has 0 saturated heterocycles. The lowest BCUT2D eigenvalue weighted by atomic mass is 10.1. The van der Waals surface area contributed by atoms with E-state index in [0.29, 0.717) is 32.4 Å². The summed E-state index contributed by atoms with van der Waals surface area (Å²) in [4.78, 5) is 21.6. The summed E-state index contributed by atoms with van der Waals surface area (Å²) in [5.74, 6) is -1.00. The number of carbonyl (C=O) groups excluding carboxylic acids is 1. The molecule has 16 heavy (non-hydrogen) atoms. The van der Waals surface area contributed by atoms with Gasteiger partial charge in [0.25, 0.3) is 0 Å². The highest BCUT2D eigenvalue weighted by Gasteiger charge is 2.11. The van der Waals surface area contributed by atoms with Gasteiger partial charge in [-0.1, -0.05) is 0 Å². The molecule has 0 aliphatic carbocycles. The predicted molar refractivity (Wildman–Crippen MR) is 60.8 cm³/mol. The molecular formula is C10H21N3O3. The van der Waals surface area contributed by atoms with Crippen molar-refractivity contribution in [1.82, 2.24) is 5.32 Å². The van der Waals surface area contributed by atoms with Crippen molar-refractivity contribution in [1.29, 1.82) is 0 Å². The molecule has 6 N–H and O–H groups in total. The molecule has 0 aromatic heterocycles. The predicted octanol–water partition coefficient (Wildman–Crippen LogP) is -0.576. The van der Waals surface area contributed by atoms with Crippen molar-refractivity contribution in [3.05, 3.63) is 0 Å². The lowest BCUT2D eigenvalue weighted by Crippen LogP contribution is -2.41. The molecule has 0 aromatic carbocycles. The second-order valence-electron chi connectivity index (χ2n) is 3.68. The van der Waals surface area contributed by atoms with E-state index < -0.39 is 12.0 Å². The topological polar surface area (TPSA) is 118 Å². The third-order valence-corrected chi connectivity index (χ3v) is 2.17. The van der Waals surface area contributed by atoms with Crippen LogP contribution in [0.25, 0.3) is 0 Å². The molecule has 6 heteroatoms. The second-order valence-corrected chi connectivity index (χ2v) is 3.68. The maximum Gasteiger partial charge on any atom is 0.303 e. The SMILES string of the molecule is NCCCC(N)C(=O)NCCCCC(=O)O. The van der Waals surface area contributed by atoms with Crippen LogP contribution in [0, 0.1) is 0 Å². The Kier molecular flexibility index (Phi) is 8.46. The lowest BCUT2D eigenvalue weighted by Gasteiger charge is -2.11. The summed E-state index contributed by atoms with van der Waals surface area (Å²) in [5, 5.41) is 11.1. The molecule has 0 radical (unpaired) electrons. The number of amides is 1. The first kappa shape index (κ1) is 14.9. The van der Waals surface area contributed by atoms with Crippen molar-refractivity contribution in [2.45, 2.75) is 38.1 Å². The van der Waals surface area contributed by atoms with E-state index in [-0.39, 0.29) is 12.3 Å². The van der Waals surface area contributed by atoms with Gasteiger partial charge in [0.05, 0.1) is 6.04 Å². The molecule has 1 amide bonds. The number of carboxylic acids is 1. The van der Waals surface area contributed by atoms with E-state index in [1.165, 1.54) is 0 Å². The minimum Gasteiger partial charge on any atom is -0.481 e. The van der Waals surface area contributed by atoms with Crippen LogP contribution in [0.5, 0.6) is 0 Å². The van der Waals surface area contributed by atoms with Gasteiger partial charge in [0.1, 0.15) is 0 Å². The number of carboxylic acid groups (broad SMARTS) is 1. The Morgan fingerprint density at radius 1 is 1.25 bits per heavy atom. The quantitative estimate of drug-likeness (QED) is 0.396. The van der Waals surface area contributed by atoms with Gasteiger partial charge in [-0.3, -0.25) is 9.59 Å². The highest BCUT2D eigenvalue weighted by Crippen LogP contribution is 1.95. The minimum atomic E-state index is -0.814. The number of unbranched alkanes of at least 4 members (excludes halogenated alkanes) is 1. The van der Waals surface area contributed by atoms with Crippen LogP contribution in [0.4, 0.5) is 0 Å². The maximum absolute atomic E-state index is 11.4. The Hall–Kier alpha value is -1.14. The number of hydrogen-bond acceptors (Lipinski definition) is 4. The summed E-state index contributed by atoms with van der Waals surface area (Å²) >= 11 is 0. The van der Waals surface area contributed by atoms with E-state index in [9.17, 15) is 9.59 Å². The number of nitrogens with one attached hydrogen (secondary N) is 1. The number of hydrogen-bond donors (Lipinski definition) is 4. The Balaban J connectivity index is 3.45. The van der Waals surface area contributed by atoms with Gasteiger partial charge >= 0.3 is 5.97 Å². The van der Waals surface area contributed by atoms with Crippen molar-refractivity contribution < 1.29 is 14.7 Å². The first-order valence-corrected chi connectivity index (χ1v) is 5.53. The van der Waals surface area contributed by atoms with Gasteiger partial charge in [-0.15, -0.1) is 0 Å². The van der Waals surface area contributed by atoms with Gasteiger partial charge in [-0.2, -0.15) is 0 Å². The van der Waals surface area contributed by atoms with Crippen LogP contribution in [0.2, 0.25) is 0 Å². The van der Waals surface area contributed by atoms with Gasteiger partial charge in [0.2, 0.25) is 5.91 Å². The molecule has 0 rings (SSSR count). The van der Waals surface area contributed by atoms with Crippen molar-refractivity contribution in [3.63, 3.8) is 0 Å². The third kappa shape index (κ3) is 8.19. The zero-order valence-electron chi connectivity index (χ0n) is 9.45. The normalized spacial score (nSPS) is 12.1. The number of carbonyl (C=O) groups is 2. The summed E-state index contributed by atoms with van der Waals surface area (Å²) in [6.07, 6.45) is 2.66. The Bertz CT molecular complexity index is 221. The smallest absolute Gasteiger partial charge is 0.303 e. The van der Waals surface area contributed by atoms with Gasteiger partial charge in [0, 0.05) is 13.0 Å². The molecule has 1 unspecified atom stereocenters. The molecule has 0 spiro atoms. The molecule has 1 atom stereocenters. The molecule has 0 fully saturated rings. The maximum atomic E-state index is 11.4. The summed E-state index contributed by atoms with van der Waals surface area (Å²) in [6, 6.07) is -0.511.